The zero-order valence-corrected chi connectivity index (χ0v) is 17.8. The van der Waals surface area contributed by atoms with E-state index in [2.05, 4.69) is 29.6 Å². The van der Waals surface area contributed by atoms with Crippen molar-refractivity contribution in [2.45, 2.75) is 25.2 Å². The first kappa shape index (κ1) is 20.3. The van der Waals surface area contributed by atoms with Crippen molar-refractivity contribution in [3.05, 3.63) is 101 Å². The van der Waals surface area contributed by atoms with Crippen LogP contribution in [-0.2, 0) is 11.2 Å². The molecule has 1 amide bonds. The predicted molar refractivity (Wildman–Crippen MR) is 126 cm³/mol. The highest BCUT2D eigenvalue weighted by atomic mass is 16.5. The van der Waals surface area contributed by atoms with Crippen molar-refractivity contribution in [2.75, 3.05) is 13.2 Å². The van der Waals surface area contributed by atoms with Gasteiger partial charge in [0.1, 0.15) is 6.61 Å². The zero-order chi connectivity index (χ0) is 21.9. The molecule has 0 unspecified atom stereocenters. The molecule has 1 N–H and O–H groups in total. The number of ketones is 1. The Labute approximate surface area is 187 Å². The van der Waals surface area contributed by atoms with Gasteiger partial charge in [0.15, 0.2) is 5.78 Å². The Morgan fingerprint density at radius 1 is 0.938 bits per heavy atom. The summed E-state index contributed by atoms with van der Waals surface area (Å²) in [7, 11) is 0. The SMILES string of the molecule is O=C(NCCC=Cc1ccc2c(c1)C(=O)CC2)OCC1c2ccccc2-c2ccccc21. The van der Waals surface area contributed by atoms with Gasteiger partial charge in [-0.05, 0) is 52.3 Å². The van der Waals surface area contributed by atoms with Crippen LogP contribution in [0.3, 0.4) is 0 Å². The van der Waals surface area contributed by atoms with E-state index in [9.17, 15) is 9.59 Å². The van der Waals surface area contributed by atoms with Crippen LogP contribution in [0.5, 0.6) is 0 Å². The molecular weight excluding hydrogens is 398 g/mol. The van der Waals surface area contributed by atoms with Gasteiger partial charge in [-0.15, -0.1) is 0 Å². The number of rotatable bonds is 6. The maximum Gasteiger partial charge on any atom is 0.407 e. The number of benzene rings is 3. The minimum atomic E-state index is -0.400. The average Bonchev–Trinajstić information content (AvgIpc) is 3.35. The fourth-order valence-corrected chi connectivity index (χ4v) is 4.68. The van der Waals surface area contributed by atoms with Gasteiger partial charge in [-0.2, -0.15) is 0 Å². The van der Waals surface area contributed by atoms with E-state index in [0.29, 0.717) is 26.0 Å². The summed E-state index contributed by atoms with van der Waals surface area (Å²) in [5, 5.41) is 2.82. The molecule has 0 fully saturated rings. The second-order valence-corrected chi connectivity index (χ2v) is 8.28. The fourth-order valence-electron chi connectivity index (χ4n) is 4.68. The van der Waals surface area contributed by atoms with Gasteiger partial charge in [-0.1, -0.05) is 72.8 Å². The first-order valence-corrected chi connectivity index (χ1v) is 11.1. The third kappa shape index (κ3) is 3.96. The van der Waals surface area contributed by atoms with E-state index in [-0.39, 0.29) is 11.7 Å². The van der Waals surface area contributed by atoms with E-state index in [1.165, 1.54) is 22.3 Å². The predicted octanol–water partition coefficient (Wildman–Crippen LogP) is 5.76. The lowest BCUT2D eigenvalue weighted by Gasteiger charge is -2.14. The molecular formula is C28H25NO3. The van der Waals surface area contributed by atoms with E-state index in [1.54, 1.807) is 0 Å². The molecule has 4 heteroatoms. The van der Waals surface area contributed by atoms with Crippen LogP contribution >= 0.6 is 0 Å². The standard InChI is InChI=1S/C28H25NO3/c30-27-15-14-20-13-12-19(17-25(20)27)7-5-6-16-29-28(31)32-18-26-23-10-3-1-8-21(23)22-9-2-4-11-24(22)26/h1-5,7-13,17,26H,6,14-16,18H2,(H,29,31). The molecule has 0 atom stereocenters. The summed E-state index contributed by atoms with van der Waals surface area (Å²) < 4.78 is 5.56. The fraction of sp³-hybridized carbons (Fsp3) is 0.214. The quantitative estimate of drug-likeness (QED) is 0.513. The molecule has 0 bridgehead atoms. The summed E-state index contributed by atoms with van der Waals surface area (Å²) >= 11 is 0. The summed E-state index contributed by atoms with van der Waals surface area (Å²) in [5.41, 5.74) is 7.86. The normalized spacial score (nSPS) is 14.3. The number of Topliss-reactive ketones (excluding diaryl/α,β-unsaturated/α-hetero) is 1. The van der Waals surface area contributed by atoms with Crippen LogP contribution in [0.2, 0.25) is 0 Å². The van der Waals surface area contributed by atoms with E-state index in [0.717, 1.165) is 23.1 Å². The van der Waals surface area contributed by atoms with Crippen molar-refractivity contribution >= 4 is 18.0 Å². The highest BCUT2D eigenvalue weighted by Gasteiger charge is 2.28. The zero-order valence-electron chi connectivity index (χ0n) is 17.8. The number of alkyl carbamates (subject to hydrolysis) is 1. The third-order valence-corrected chi connectivity index (χ3v) is 6.29. The Hall–Kier alpha value is -3.66. The first-order chi connectivity index (χ1) is 15.7. The van der Waals surface area contributed by atoms with Gasteiger partial charge in [-0.25, -0.2) is 4.79 Å². The van der Waals surface area contributed by atoms with Crippen LogP contribution < -0.4 is 5.32 Å². The summed E-state index contributed by atoms with van der Waals surface area (Å²) in [4.78, 5) is 24.1. The summed E-state index contributed by atoms with van der Waals surface area (Å²) in [6, 6.07) is 22.6. The highest BCUT2D eigenvalue weighted by molar-refractivity contribution is 6.00. The summed E-state index contributed by atoms with van der Waals surface area (Å²) in [6.07, 6.45) is 5.75. The minimum absolute atomic E-state index is 0.0653. The molecule has 0 heterocycles. The largest absolute Gasteiger partial charge is 0.449 e. The number of aryl methyl sites for hydroxylation is 1. The Morgan fingerprint density at radius 3 is 2.41 bits per heavy atom. The van der Waals surface area contributed by atoms with E-state index < -0.39 is 6.09 Å². The molecule has 2 aliphatic carbocycles. The van der Waals surface area contributed by atoms with Crippen LogP contribution in [-0.4, -0.2) is 25.0 Å². The monoisotopic (exact) mass is 423 g/mol. The molecule has 3 aromatic carbocycles. The second-order valence-electron chi connectivity index (χ2n) is 8.28. The Bertz CT molecular complexity index is 1170. The third-order valence-electron chi connectivity index (χ3n) is 6.29. The van der Waals surface area contributed by atoms with Crippen LogP contribution in [0.25, 0.3) is 17.2 Å². The number of carbonyl (C=O) groups is 2. The smallest absolute Gasteiger partial charge is 0.407 e. The number of hydrogen-bond donors (Lipinski definition) is 1. The van der Waals surface area contributed by atoms with Crippen LogP contribution in [0, 0.1) is 0 Å². The molecule has 0 spiro atoms. The lowest BCUT2D eigenvalue weighted by atomic mass is 9.98. The number of amides is 1. The van der Waals surface area contributed by atoms with Gasteiger partial charge in [0.2, 0.25) is 0 Å². The number of nitrogens with one attached hydrogen (secondary N) is 1. The molecule has 3 aromatic rings. The Morgan fingerprint density at radius 2 is 1.66 bits per heavy atom. The molecule has 4 nitrogen and oxygen atoms in total. The van der Waals surface area contributed by atoms with Crippen molar-refractivity contribution < 1.29 is 14.3 Å². The van der Waals surface area contributed by atoms with Crippen LogP contribution in [0.15, 0.2) is 72.8 Å². The first-order valence-electron chi connectivity index (χ1n) is 11.1. The van der Waals surface area contributed by atoms with Gasteiger partial charge >= 0.3 is 6.09 Å². The van der Waals surface area contributed by atoms with E-state index >= 15 is 0 Å². The molecule has 2 aliphatic rings. The van der Waals surface area contributed by atoms with Crippen molar-refractivity contribution in [2.24, 2.45) is 0 Å². The van der Waals surface area contributed by atoms with Gasteiger partial charge in [0.05, 0.1) is 0 Å². The van der Waals surface area contributed by atoms with Gasteiger partial charge < -0.3 is 10.1 Å². The summed E-state index contributed by atoms with van der Waals surface area (Å²) in [5.74, 6) is 0.294. The van der Waals surface area contributed by atoms with Crippen LogP contribution in [0.4, 0.5) is 4.79 Å². The van der Waals surface area contributed by atoms with Crippen molar-refractivity contribution in [3.63, 3.8) is 0 Å². The van der Waals surface area contributed by atoms with Gasteiger partial charge in [0, 0.05) is 24.4 Å². The Balaban J connectivity index is 1.11. The molecule has 5 rings (SSSR count). The molecule has 0 radical (unpaired) electrons. The topological polar surface area (TPSA) is 55.4 Å². The molecule has 0 saturated heterocycles. The number of carbonyl (C=O) groups excluding carboxylic acids is 2. The lowest BCUT2D eigenvalue weighted by Crippen LogP contribution is -2.26. The second kappa shape index (κ2) is 8.83. The van der Waals surface area contributed by atoms with Gasteiger partial charge in [0.25, 0.3) is 0 Å². The number of ether oxygens (including phenoxy) is 1. The number of hydrogen-bond acceptors (Lipinski definition) is 3. The van der Waals surface area contributed by atoms with E-state index in [1.807, 2.05) is 54.6 Å². The molecule has 0 aliphatic heterocycles. The molecule has 0 saturated carbocycles. The van der Waals surface area contributed by atoms with Crippen LogP contribution in [0.1, 0.15) is 51.4 Å². The van der Waals surface area contributed by atoms with Crippen molar-refractivity contribution in [3.8, 4) is 11.1 Å². The van der Waals surface area contributed by atoms with Gasteiger partial charge in [-0.3, -0.25) is 4.79 Å². The maximum absolute atomic E-state index is 12.2. The summed E-state index contributed by atoms with van der Waals surface area (Å²) in [6.45, 7) is 0.815. The maximum atomic E-state index is 12.2. The number of fused-ring (bicyclic) bond motifs is 4. The molecule has 160 valence electrons. The Kier molecular flexibility index (Phi) is 5.59. The molecule has 32 heavy (non-hydrogen) atoms. The van der Waals surface area contributed by atoms with Crippen molar-refractivity contribution in [1.82, 2.24) is 5.32 Å². The molecule has 0 aromatic heterocycles. The lowest BCUT2D eigenvalue weighted by molar-refractivity contribution is 0.0994. The van der Waals surface area contributed by atoms with E-state index in [4.69, 9.17) is 4.74 Å². The van der Waals surface area contributed by atoms with Crippen molar-refractivity contribution in [1.29, 1.82) is 0 Å². The highest BCUT2D eigenvalue weighted by Crippen LogP contribution is 2.44. The average molecular weight is 424 g/mol. The minimum Gasteiger partial charge on any atom is -0.449 e.